The predicted molar refractivity (Wildman–Crippen MR) is 88.6 cm³/mol. The summed E-state index contributed by atoms with van der Waals surface area (Å²) in [7, 11) is 1.74. The van der Waals surface area contributed by atoms with E-state index in [0.29, 0.717) is 24.7 Å². The number of nitrogens with zero attached hydrogens (tertiary/aromatic N) is 3. The molecule has 0 spiro atoms. The molecule has 7 nitrogen and oxygen atoms in total. The van der Waals surface area contributed by atoms with Crippen LogP contribution in [0.15, 0.2) is 9.52 Å². The van der Waals surface area contributed by atoms with E-state index < -0.39 is 0 Å². The van der Waals surface area contributed by atoms with Crippen molar-refractivity contribution in [3.8, 4) is 0 Å². The average Bonchev–Trinajstić information content (AvgIpc) is 2.82. The van der Waals surface area contributed by atoms with Gasteiger partial charge >= 0.3 is 0 Å². The molecule has 0 aliphatic rings. The van der Waals surface area contributed by atoms with Gasteiger partial charge in [-0.15, -0.1) is 24.0 Å². The van der Waals surface area contributed by atoms with Crippen LogP contribution in [-0.4, -0.2) is 49.5 Å². The van der Waals surface area contributed by atoms with Crippen LogP contribution >= 0.6 is 24.0 Å². The second-order valence-electron chi connectivity index (χ2n) is 3.96. The lowest BCUT2D eigenvalue weighted by atomic mass is 10.4. The first-order valence-electron chi connectivity index (χ1n) is 6.57. The number of ether oxygens (including phenoxy) is 1. The van der Waals surface area contributed by atoms with Crippen molar-refractivity contribution in [2.24, 2.45) is 4.99 Å². The molecule has 0 aromatic carbocycles. The molecule has 1 aromatic rings. The Morgan fingerprint density at radius 1 is 1.35 bits per heavy atom. The summed E-state index contributed by atoms with van der Waals surface area (Å²) in [5, 5.41) is 10.1. The van der Waals surface area contributed by atoms with Gasteiger partial charge in [-0.3, -0.25) is 4.99 Å². The molecule has 0 fully saturated rings. The summed E-state index contributed by atoms with van der Waals surface area (Å²) in [4.78, 5) is 8.26. The Balaban J connectivity index is 0.00000361. The highest BCUT2D eigenvalue weighted by Crippen LogP contribution is 1.95. The summed E-state index contributed by atoms with van der Waals surface area (Å²) < 4.78 is 10.3. The average molecular weight is 397 g/mol. The Morgan fingerprint density at radius 3 is 2.70 bits per heavy atom. The van der Waals surface area contributed by atoms with Gasteiger partial charge in [-0.1, -0.05) is 5.16 Å². The minimum absolute atomic E-state index is 0. The smallest absolute Gasteiger partial charge is 0.228 e. The molecule has 116 valence electrons. The molecule has 0 unspecified atom stereocenters. The van der Waals surface area contributed by atoms with E-state index in [2.05, 4.69) is 25.8 Å². The van der Waals surface area contributed by atoms with Crippen LogP contribution in [0.2, 0.25) is 0 Å². The van der Waals surface area contributed by atoms with Gasteiger partial charge in [0.2, 0.25) is 5.89 Å². The highest BCUT2D eigenvalue weighted by atomic mass is 127. The molecule has 0 saturated carbocycles. The summed E-state index contributed by atoms with van der Waals surface area (Å²) in [5.74, 6) is 2.07. The van der Waals surface area contributed by atoms with Gasteiger partial charge in [-0.25, -0.2) is 0 Å². The molecule has 0 atom stereocenters. The van der Waals surface area contributed by atoms with E-state index in [0.717, 1.165) is 32.1 Å². The van der Waals surface area contributed by atoms with Gasteiger partial charge in [0, 0.05) is 39.8 Å². The van der Waals surface area contributed by atoms with Crippen molar-refractivity contribution in [2.45, 2.75) is 26.7 Å². The zero-order valence-corrected chi connectivity index (χ0v) is 14.6. The van der Waals surface area contributed by atoms with Crippen LogP contribution in [-0.2, 0) is 11.2 Å². The molecule has 0 radical (unpaired) electrons. The third kappa shape index (κ3) is 8.31. The lowest BCUT2D eigenvalue weighted by Gasteiger charge is -2.10. The predicted octanol–water partition coefficient (Wildman–Crippen LogP) is 1.13. The van der Waals surface area contributed by atoms with Gasteiger partial charge in [-0.2, -0.15) is 4.98 Å². The molecule has 20 heavy (non-hydrogen) atoms. The van der Waals surface area contributed by atoms with E-state index in [1.165, 1.54) is 0 Å². The Morgan fingerprint density at radius 2 is 2.10 bits per heavy atom. The minimum Gasteiger partial charge on any atom is -0.382 e. The van der Waals surface area contributed by atoms with Gasteiger partial charge in [0.05, 0.1) is 0 Å². The molecule has 1 heterocycles. The maximum Gasteiger partial charge on any atom is 0.228 e. The second-order valence-corrected chi connectivity index (χ2v) is 3.96. The SMILES string of the molecule is CCOCCCNC(=NC)NCCc1nc(C)no1.I. The number of aliphatic imine (C=N–C) groups is 1. The van der Waals surface area contributed by atoms with Gasteiger partial charge < -0.3 is 19.9 Å². The molecule has 1 aromatic heterocycles. The number of rotatable bonds is 8. The number of nitrogens with one attached hydrogen (secondary N) is 2. The first-order chi connectivity index (χ1) is 9.26. The molecular weight excluding hydrogens is 373 g/mol. The molecule has 0 amide bonds. The maximum absolute atomic E-state index is 5.26. The van der Waals surface area contributed by atoms with Crippen LogP contribution in [0, 0.1) is 6.92 Å². The highest BCUT2D eigenvalue weighted by molar-refractivity contribution is 14.0. The van der Waals surface area contributed by atoms with Crippen molar-refractivity contribution in [1.82, 2.24) is 20.8 Å². The number of hydrogen-bond acceptors (Lipinski definition) is 5. The van der Waals surface area contributed by atoms with E-state index >= 15 is 0 Å². The summed E-state index contributed by atoms with van der Waals surface area (Å²) in [6, 6.07) is 0. The van der Waals surface area contributed by atoms with Crippen molar-refractivity contribution in [1.29, 1.82) is 0 Å². The molecule has 0 aliphatic carbocycles. The molecule has 0 aliphatic heterocycles. The Hall–Kier alpha value is -0.900. The van der Waals surface area contributed by atoms with Crippen molar-refractivity contribution in [3.63, 3.8) is 0 Å². The van der Waals surface area contributed by atoms with Crippen LogP contribution < -0.4 is 10.6 Å². The monoisotopic (exact) mass is 397 g/mol. The quantitative estimate of drug-likeness (QED) is 0.296. The standard InChI is InChI=1S/C12H23N5O2.HI/c1-4-18-9-5-7-14-12(13-3)15-8-6-11-16-10(2)17-19-11;/h4-9H2,1-3H3,(H2,13,14,15);1H. The van der Waals surface area contributed by atoms with Crippen LogP contribution in [0.25, 0.3) is 0 Å². The maximum atomic E-state index is 5.26. The summed E-state index contributed by atoms with van der Waals surface area (Å²) >= 11 is 0. The van der Waals surface area contributed by atoms with E-state index in [-0.39, 0.29) is 24.0 Å². The third-order valence-corrected chi connectivity index (χ3v) is 2.39. The summed E-state index contributed by atoms with van der Waals surface area (Å²) in [5.41, 5.74) is 0. The van der Waals surface area contributed by atoms with Crippen LogP contribution in [0.5, 0.6) is 0 Å². The zero-order valence-electron chi connectivity index (χ0n) is 12.3. The van der Waals surface area contributed by atoms with Crippen LogP contribution in [0.1, 0.15) is 25.1 Å². The third-order valence-electron chi connectivity index (χ3n) is 2.39. The van der Waals surface area contributed by atoms with Gasteiger partial charge in [0.1, 0.15) is 0 Å². The largest absolute Gasteiger partial charge is 0.382 e. The number of guanidine groups is 1. The number of aromatic nitrogens is 2. The van der Waals surface area contributed by atoms with E-state index in [1.807, 2.05) is 6.92 Å². The number of hydrogen-bond donors (Lipinski definition) is 2. The number of aryl methyl sites for hydroxylation is 1. The second kappa shape index (κ2) is 11.9. The normalized spacial score (nSPS) is 11.1. The van der Waals surface area contributed by atoms with Gasteiger partial charge in [0.25, 0.3) is 0 Å². The lowest BCUT2D eigenvalue weighted by molar-refractivity contribution is 0.145. The van der Waals surface area contributed by atoms with Crippen LogP contribution in [0.3, 0.4) is 0 Å². The van der Waals surface area contributed by atoms with E-state index in [4.69, 9.17) is 9.26 Å². The van der Waals surface area contributed by atoms with Crippen molar-refractivity contribution < 1.29 is 9.26 Å². The van der Waals surface area contributed by atoms with Crippen LogP contribution in [0.4, 0.5) is 0 Å². The van der Waals surface area contributed by atoms with Gasteiger partial charge in [-0.05, 0) is 20.3 Å². The fraction of sp³-hybridized carbons (Fsp3) is 0.750. The highest BCUT2D eigenvalue weighted by Gasteiger charge is 2.03. The Kier molecular flexibility index (Phi) is 11.4. The minimum atomic E-state index is 0. The number of halogens is 1. The molecule has 8 heteroatoms. The fourth-order valence-electron chi connectivity index (χ4n) is 1.48. The van der Waals surface area contributed by atoms with Crippen molar-refractivity contribution in [2.75, 3.05) is 33.4 Å². The molecule has 2 N–H and O–H groups in total. The summed E-state index contributed by atoms with van der Waals surface area (Å²) in [6.45, 7) is 6.86. The lowest BCUT2D eigenvalue weighted by Crippen LogP contribution is -2.39. The van der Waals surface area contributed by atoms with Gasteiger partial charge in [0.15, 0.2) is 11.8 Å². The fourth-order valence-corrected chi connectivity index (χ4v) is 1.48. The first-order valence-corrected chi connectivity index (χ1v) is 6.57. The Labute approximate surface area is 137 Å². The topological polar surface area (TPSA) is 84.6 Å². The van der Waals surface area contributed by atoms with E-state index in [1.54, 1.807) is 14.0 Å². The molecule has 0 bridgehead atoms. The first kappa shape index (κ1) is 19.1. The molecular formula is C12H24IN5O2. The molecule has 1 rings (SSSR count). The Bertz CT molecular complexity index is 384. The van der Waals surface area contributed by atoms with Crippen molar-refractivity contribution in [3.05, 3.63) is 11.7 Å². The molecule has 0 saturated heterocycles. The van der Waals surface area contributed by atoms with E-state index in [9.17, 15) is 0 Å². The zero-order chi connectivity index (χ0) is 13.9. The van der Waals surface area contributed by atoms with Crippen molar-refractivity contribution >= 4 is 29.9 Å². The summed E-state index contributed by atoms with van der Waals surface area (Å²) in [6.07, 6.45) is 1.64.